The van der Waals surface area contributed by atoms with Gasteiger partial charge in [-0.3, -0.25) is 0 Å². The lowest BCUT2D eigenvalue weighted by molar-refractivity contribution is 0.122. The molecule has 0 aromatic carbocycles. The number of ether oxygens (including phenoxy) is 1. The minimum Gasteiger partial charge on any atom is -0.378 e. The number of rotatable bonds is 5. The summed E-state index contributed by atoms with van der Waals surface area (Å²) in [7, 11) is 0. The Morgan fingerprint density at radius 3 is 3.00 bits per heavy atom. The molecule has 0 bridgehead atoms. The Labute approximate surface area is 152 Å². The van der Waals surface area contributed by atoms with Crippen LogP contribution in [0.25, 0.3) is 0 Å². The van der Waals surface area contributed by atoms with Crippen LogP contribution in [0, 0.1) is 0 Å². The molecule has 1 unspecified atom stereocenters. The zero-order chi connectivity index (χ0) is 16.9. The van der Waals surface area contributed by atoms with Crippen molar-refractivity contribution in [3.63, 3.8) is 0 Å². The first-order valence-corrected chi connectivity index (χ1v) is 9.73. The molecular formula is C17H24N6OS. The van der Waals surface area contributed by atoms with E-state index in [0.717, 1.165) is 56.9 Å². The van der Waals surface area contributed by atoms with Gasteiger partial charge in [-0.15, -0.1) is 16.4 Å². The molecule has 2 saturated heterocycles. The Kier molecular flexibility index (Phi) is 5.39. The standard InChI is InChI=1S/C17H24N6OS/c1-4-16(21-20-5-1)23-6-2-3-14(13-23)18-11-15-12-19-17(25-15)22-7-9-24-10-8-22/h1,4-5,12,14,18H,2-3,6-11,13H2. The van der Waals surface area contributed by atoms with Crippen molar-refractivity contribution in [3.8, 4) is 0 Å². The van der Waals surface area contributed by atoms with Gasteiger partial charge in [-0.1, -0.05) is 0 Å². The third-order valence-electron chi connectivity index (χ3n) is 4.69. The first-order valence-electron chi connectivity index (χ1n) is 8.92. The number of morpholine rings is 1. The number of thiazole rings is 1. The molecule has 8 heteroatoms. The third-order valence-corrected chi connectivity index (χ3v) is 5.75. The third kappa shape index (κ3) is 4.26. The number of hydrogen-bond donors (Lipinski definition) is 1. The molecule has 0 aliphatic carbocycles. The highest BCUT2D eigenvalue weighted by atomic mass is 32.1. The molecule has 0 saturated carbocycles. The van der Waals surface area contributed by atoms with Crippen LogP contribution >= 0.6 is 11.3 Å². The average Bonchev–Trinajstić information content (AvgIpc) is 3.17. The number of anilines is 2. The number of hydrogen-bond acceptors (Lipinski definition) is 8. The van der Waals surface area contributed by atoms with Gasteiger partial charge >= 0.3 is 0 Å². The quantitative estimate of drug-likeness (QED) is 0.867. The number of piperidine rings is 1. The van der Waals surface area contributed by atoms with Gasteiger partial charge in [0.15, 0.2) is 10.9 Å². The normalized spacial score (nSPS) is 21.5. The van der Waals surface area contributed by atoms with Crippen LogP contribution in [0.5, 0.6) is 0 Å². The predicted octanol–water partition coefficient (Wildman–Crippen LogP) is 1.53. The van der Waals surface area contributed by atoms with E-state index >= 15 is 0 Å². The predicted molar refractivity (Wildman–Crippen MR) is 99.3 cm³/mol. The average molecular weight is 360 g/mol. The molecular weight excluding hydrogens is 336 g/mol. The van der Waals surface area contributed by atoms with E-state index in [0.29, 0.717) is 6.04 Å². The highest BCUT2D eigenvalue weighted by molar-refractivity contribution is 7.15. The summed E-state index contributed by atoms with van der Waals surface area (Å²) in [5.74, 6) is 0.974. The largest absolute Gasteiger partial charge is 0.378 e. The van der Waals surface area contributed by atoms with Gasteiger partial charge in [0, 0.05) is 56.0 Å². The Balaban J connectivity index is 1.30. The van der Waals surface area contributed by atoms with Gasteiger partial charge in [-0.05, 0) is 25.0 Å². The van der Waals surface area contributed by atoms with Gasteiger partial charge in [0.25, 0.3) is 0 Å². The zero-order valence-corrected chi connectivity index (χ0v) is 15.1. The van der Waals surface area contributed by atoms with E-state index in [1.807, 2.05) is 18.3 Å². The van der Waals surface area contributed by atoms with E-state index in [1.165, 1.54) is 17.7 Å². The molecule has 0 spiro atoms. The highest BCUT2D eigenvalue weighted by Crippen LogP contribution is 2.24. The SMILES string of the molecule is c1cnnc(N2CCCC(NCc3cnc(N4CCOCC4)s3)C2)c1. The first kappa shape index (κ1) is 16.7. The molecule has 1 atom stereocenters. The van der Waals surface area contributed by atoms with Crippen LogP contribution in [0.4, 0.5) is 10.9 Å². The molecule has 4 rings (SSSR count). The molecule has 2 aliphatic heterocycles. The van der Waals surface area contributed by atoms with Gasteiger partial charge < -0.3 is 19.9 Å². The van der Waals surface area contributed by atoms with Gasteiger partial charge in [0.2, 0.25) is 0 Å². The number of nitrogens with zero attached hydrogens (tertiary/aromatic N) is 5. The Morgan fingerprint density at radius 1 is 1.24 bits per heavy atom. The molecule has 0 amide bonds. The second-order valence-corrected chi connectivity index (χ2v) is 7.55. The zero-order valence-electron chi connectivity index (χ0n) is 14.3. The van der Waals surface area contributed by atoms with Gasteiger partial charge in [0.05, 0.1) is 13.2 Å². The van der Waals surface area contributed by atoms with Crippen LogP contribution in [0.2, 0.25) is 0 Å². The molecule has 25 heavy (non-hydrogen) atoms. The van der Waals surface area contributed by atoms with Gasteiger partial charge in [0.1, 0.15) is 0 Å². The van der Waals surface area contributed by atoms with E-state index in [4.69, 9.17) is 4.74 Å². The molecule has 4 heterocycles. The van der Waals surface area contributed by atoms with Crippen molar-refractivity contribution in [3.05, 3.63) is 29.4 Å². The van der Waals surface area contributed by atoms with Crippen molar-refractivity contribution in [2.75, 3.05) is 49.2 Å². The van der Waals surface area contributed by atoms with Gasteiger partial charge in [-0.2, -0.15) is 5.10 Å². The van der Waals surface area contributed by atoms with Crippen LogP contribution in [-0.4, -0.2) is 60.6 Å². The highest BCUT2D eigenvalue weighted by Gasteiger charge is 2.21. The van der Waals surface area contributed by atoms with E-state index in [2.05, 4.69) is 30.3 Å². The van der Waals surface area contributed by atoms with Crippen molar-refractivity contribution in [1.82, 2.24) is 20.5 Å². The minimum absolute atomic E-state index is 0.477. The summed E-state index contributed by atoms with van der Waals surface area (Å²) in [5, 5.41) is 13.0. The second-order valence-electron chi connectivity index (χ2n) is 6.46. The van der Waals surface area contributed by atoms with Gasteiger partial charge in [-0.25, -0.2) is 4.98 Å². The summed E-state index contributed by atoms with van der Waals surface area (Å²) in [6.07, 6.45) is 6.10. The Hall–Kier alpha value is -1.77. The van der Waals surface area contributed by atoms with E-state index in [1.54, 1.807) is 17.5 Å². The van der Waals surface area contributed by atoms with Crippen LogP contribution in [0.15, 0.2) is 24.5 Å². The topological polar surface area (TPSA) is 66.4 Å². The molecule has 2 aromatic rings. The van der Waals surface area contributed by atoms with Crippen molar-refractivity contribution >= 4 is 22.3 Å². The van der Waals surface area contributed by atoms with Crippen LogP contribution < -0.4 is 15.1 Å². The van der Waals surface area contributed by atoms with E-state index in [9.17, 15) is 0 Å². The summed E-state index contributed by atoms with van der Waals surface area (Å²) in [6.45, 7) is 6.39. The Bertz CT molecular complexity index is 660. The number of aromatic nitrogens is 3. The summed E-state index contributed by atoms with van der Waals surface area (Å²) in [4.78, 5) is 10.5. The van der Waals surface area contributed by atoms with Crippen molar-refractivity contribution in [2.45, 2.75) is 25.4 Å². The van der Waals surface area contributed by atoms with Crippen LogP contribution in [0.1, 0.15) is 17.7 Å². The van der Waals surface area contributed by atoms with Crippen molar-refractivity contribution < 1.29 is 4.74 Å². The summed E-state index contributed by atoms with van der Waals surface area (Å²) >= 11 is 1.79. The molecule has 7 nitrogen and oxygen atoms in total. The lowest BCUT2D eigenvalue weighted by atomic mass is 10.1. The molecule has 0 radical (unpaired) electrons. The lowest BCUT2D eigenvalue weighted by Crippen LogP contribution is -2.45. The Morgan fingerprint density at radius 2 is 2.16 bits per heavy atom. The molecule has 1 N–H and O–H groups in total. The maximum absolute atomic E-state index is 5.41. The fraction of sp³-hybridized carbons (Fsp3) is 0.588. The maximum Gasteiger partial charge on any atom is 0.185 e. The van der Waals surface area contributed by atoms with Crippen LogP contribution in [-0.2, 0) is 11.3 Å². The van der Waals surface area contributed by atoms with E-state index < -0.39 is 0 Å². The smallest absolute Gasteiger partial charge is 0.185 e. The van der Waals surface area contributed by atoms with Crippen molar-refractivity contribution in [2.24, 2.45) is 0 Å². The lowest BCUT2D eigenvalue weighted by Gasteiger charge is -2.33. The molecule has 2 aromatic heterocycles. The summed E-state index contributed by atoms with van der Waals surface area (Å²) < 4.78 is 5.41. The van der Waals surface area contributed by atoms with E-state index in [-0.39, 0.29) is 0 Å². The fourth-order valence-corrected chi connectivity index (χ4v) is 4.25. The summed E-state index contributed by atoms with van der Waals surface area (Å²) in [6, 6.07) is 4.46. The second kappa shape index (κ2) is 8.07. The van der Waals surface area contributed by atoms with Crippen molar-refractivity contribution in [1.29, 1.82) is 0 Å². The monoisotopic (exact) mass is 360 g/mol. The molecule has 2 fully saturated rings. The maximum atomic E-state index is 5.41. The first-order chi connectivity index (χ1) is 12.4. The summed E-state index contributed by atoms with van der Waals surface area (Å²) in [5.41, 5.74) is 0. The molecule has 134 valence electrons. The minimum atomic E-state index is 0.477. The number of nitrogens with one attached hydrogen (secondary N) is 1. The molecule has 2 aliphatic rings. The fourth-order valence-electron chi connectivity index (χ4n) is 3.34. The van der Waals surface area contributed by atoms with Crippen LogP contribution in [0.3, 0.4) is 0 Å².